The Labute approximate surface area is 230 Å². The zero-order chi connectivity index (χ0) is 28.5. The number of fused-ring (bicyclic) bond motifs is 3. The van der Waals surface area contributed by atoms with E-state index in [1.54, 1.807) is 17.0 Å². The van der Waals surface area contributed by atoms with Gasteiger partial charge in [0.05, 0.1) is 23.5 Å². The van der Waals surface area contributed by atoms with Crippen LogP contribution in [0.1, 0.15) is 27.9 Å². The van der Waals surface area contributed by atoms with E-state index in [0.717, 1.165) is 28.5 Å². The van der Waals surface area contributed by atoms with Gasteiger partial charge in [-0.15, -0.1) is 18.3 Å². The highest BCUT2D eigenvalue weighted by molar-refractivity contribution is 7.80. The van der Waals surface area contributed by atoms with Gasteiger partial charge in [-0.05, 0) is 65.9 Å². The van der Waals surface area contributed by atoms with E-state index in [2.05, 4.69) is 20.0 Å². The lowest BCUT2D eigenvalue weighted by Crippen LogP contribution is -2.17. The summed E-state index contributed by atoms with van der Waals surface area (Å²) < 4.78 is 82.6. The van der Waals surface area contributed by atoms with E-state index in [-0.39, 0.29) is 24.3 Å². The van der Waals surface area contributed by atoms with E-state index in [0.29, 0.717) is 29.1 Å². The van der Waals surface area contributed by atoms with Crippen LogP contribution in [0.3, 0.4) is 0 Å². The van der Waals surface area contributed by atoms with Crippen molar-refractivity contribution in [3.63, 3.8) is 0 Å². The number of ether oxygens (including phenoxy) is 1. The summed E-state index contributed by atoms with van der Waals surface area (Å²) in [5.74, 6) is -0.323. The first-order chi connectivity index (χ1) is 19.0. The van der Waals surface area contributed by atoms with Crippen molar-refractivity contribution in [2.24, 2.45) is 4.99 Å². The van der Waals surface area contributed by atoms with Crippen LogP contribution in [0, 0.1) is 0 Å². The van der Waals surface area contributed by atoms with Gasteiger partial charge in [-0.25, -0.2) is 4.68 Å². The number of hydrogen-bond donors (Lipinski definition) is 0. The van der Waals surface area contributed by atoms with Gasteiger partial charge in [-0.2, -0.15) is 13.2 Å². The first kappa shape index (κ1) is 27.5. The zero-order valence-corrected chi connectivity index (χ0v) is 21.4. The number of halogens is 6. The predicted octanol–water partition coefficient (Wildman–Crippen LogP) is 6.98. The summed E-state index contributed by atoms with van der Waals surface area (Å²) in [5.41, 5.74) is 4.24. The molecule has 1 aliphatic carbocycles. The first-order valence-electron chi connectivity index (χ1n) is 12.1. The molecule has 0 N–H and O–H groups in total. The number of thiocarbonyl (C=S) groups is 1. The average Bonchev–Trinajstić information content (AvgIpc) is 3.32. The van der Waals surface area contributed by atoms with E-state index in [1.807, 2.05) is 18.2 Å². The van der Waals surface area contributed by atoms with E-state index >= 15 is 0 Å². The standard InChI is InChI=1S/C28H20F6N4OS/c29-27(30,31)24-4-2-1-3-19(24)14-22(40)16-35-15-17-5-11-23-18(13-17)6-12-25-26(23)36-37-38(25)20-7-9-21(10-8-20)39-28(32,33)34/h1-5,7-11,13,15H,6,12,14,16H2. The van der Waals surface area contributed by atoms with Crippen LogP contribution in [0.25, 0.3) is 16.9 Å². The van der Waals surface area contributed by atoms with Crippen LogP contribution in [0.5, 0.6) is 5.75 Å². The van der Waals surface area contributed by atoms with Gasteiger partial charge in [-0.1, -0.05) is 47.8 Å². The van der Waals surface area contributed by atoms with Crippen LogP contribution in [0.4, 0.5) is 26.3 Å². The zero-order valence-electron chi connectivity index (χ0n) is 20.6. The fourth-order valence-electron chi connectivity index (χ4n) is 4.59. The number of rotatable bonds is 7. The maximum atomic E-state index is 13.2. The smallest absolute Gasteiger partial charge is 0.406 e. The lowest BCUT2D eigenvalue weighted by Gasteiger charge is -2.17. The topological polar surface area (TPSA) is 52.3 Å². The summed E-state index contributed by atoms with van der Waals surface area (Å²) in [4.78, 5) is 4.73. The molecule has 1 heterocycles. The number of aryl methyl sites for hydroxylation is 1. The second-order valence-electron chi connectivity index (χ2n) is 9.09. The maximum absolute atomic E-state index is 13.2. The molecule has 0 saturated heterocycles. The van der Waals surface area contributed by atoms with Crippen molar-refractivity contribution in [3.05, 3.63) is 94.7 Å². The third kappa shape index (κ3) is 6.22. The highest BCUT2D eigenvalue weighted by Crippen LogP contribution is 2.34. The Morgan fingerprint density at radius 2 is 1.73 bits per heavy atom. The van der Waals surface area contributed by atoms with Gasteiger partial charge in [-0.3, -0.25) is 4.99 Å². The number of hydrogen-bond acceptors (Lipinski definition) is 5. The SMILES string of the molecule is FC(F)(F)Oc1ccc(-n2nnc3c2CCc2cc(C=NCC(=S)Cc4ccccc4C(F)(F)F)ccc2-3)cc1. The predicted molar refractivity (Wildman–Crippen MR) is 141 cm³/mol. The number of alkyl halides is 6. The Morgan fingerprint density at radius 1 is 0.975 bits per heavy atom. The van der Waals surface area contributed by atoms with Gasteiger partial charge < -0.3 is 4.74 Å². The molecule has 5 rings (SSSR count). The minimum Gasteiger partial charge on any atom is -0.406 e. The second-order valence-corrected chi connectivity index (χ2v) is 9.67. The van der Waals surface area contributed by atoms with Gasteiger partial charge in [0, 0.05) is 23.1 Å². The van der Waals surface area contributed by atoms with Crippen LogP contribution in [-0.4, -0.2) is 39.0 Å². The van der Waals surface area contributed by atoms with Crippen LogP contribution in [0.2, 0.25) is 0 Å². The molecule has 0 spiro atoms. The summed E-state index contributed by atoms with van der Waals surface area (Å²) in [7, 11) is 0. The molecule has 0 radical (unpaired) electrons. The van der Waals surface area contributed by atoms with Gasteiger partial charge in [0.1, 0.15) is 11.4 Å². The van der Waals surface area contributed by atoms with Crippen LogP contribution >= 0.6 is 12.2 Å². The molecule has 5 nitrogen and oxygen atoms in total. The summed E-state index contributed by atoms with van der Waals surface area (Å²) in [5, 5.41) is 8.52. The van der Waals surface area contributed by atoms with Gasteiger partial charge in [0.15, 0.2) is 0 Å². The Hall–Kier alpha value is -4.06. The third-order valence-electron chi connectivity index (χ3n) is 6.31. The van der Waals surface area contributed by atoms with Gasteiger partial charge >= 0.3 is 12.5 Å². The van der Waals surface area contributed by atoms with Crippen molar-refractivity contribution < 1.29 is 31.1 Å². The summed E-state index contributed by atoms with van der Waals surface area (Å²) in [6.07, 6.45) is -6.28. The normalized spacial score (nSPS) is 13.2. The fraction of sp³-hybridized carbons (Fsp3) is 0.214. The second kappa shape index (κ2) is 10.8. The monoisotopic (exact) mass is 574 g/mol. The highest BCUT2D eigenvalue weighted by atomic mass is 32.1. The van der Waals surface area contributed by atoms with Crippen molar-refractivity contribution in [3.8, 4) is 22.7 Å². The van der Waals surface area contributed by atoms with E-state index in [4.69, 9.17) is 12.2 Å². The lowest BCUT2D eigenvalue weighted by molar-refractivity contribution is -0.274. The first-order valence-corrected chi connectivity index (χ1v) is 12.5. The van der Waals surface area contributed by atoms with Crippen LogP contribution < -0.4 is 4.74 Å². The molecule has 12 heteroatoms. The molecule has 40 heavy (non-hydrogen) atoms. The molecule has 3 aromatic carbocycles. The lowest BCUT2D eigenvalue weighted by atomic mass is 9.91. The molecular formula is C28H20F6N4OS. The minimum atomic E-state index is -4.77. The molecule has 0 unspecified atom stereocenters. The Balaban J connectivity index is 1.26. The van der Waals surface area contributed by atoms with E-state index < -0.39 is 18.1 Å². The van der Waals surface area contributed by atoms with Crippen molar-refractivity contribution in [1.29, 1.82) is 0 Å². The molecule has 0 bridgehead atoms. The van der Waals surface area contributed by atoms with Crippen molar-refractivity contribution >= 4 is 23.3 Å². The van der Waals surface area contributed by atoms with Gasteiger partial charge in [0.2, 0.25) is 0 Å². The average molecular weight is 575 g/mol. The van der Waals surface area contributed by atoms with Crippen LogP contribution in [0.15, 0.2) is 71.7 Å². The maximum Gasteiger partial charge on any atom is 0.573 e. The van der Waals surface area contributed by atoms with Crippen molar-refractivity contribution in [2.75, 3.05) is 6.54 Å². The number of benzene rings is 3. The summed E-state index contributed by atoms with van der Waals surface area (Å²) >= 11 is 5.29. The fourth-order valence-corrected chi connectivity index (χ4v) is 4.82. The molecule has 206 valence electrons. The molecule has 0 aliphatic heterocycles. The highest BCUT2D eigenvalue weighted by Gasteiger charge is 2.33. The van der Waals surface area contributed by atoms with Crippen molar-refractivity contribution in [1.82, 2.24) is 15.0 Å². The van der Waals surface area contributed by atoms with E-state index in [1.165, 1.54) is 36.4 Å². The molecule has 1 aromatic heterocycles. The quantitative estimate of drug-likeness (QED) is 0.136. The molecule has 1 aliphatic rings. The number of aromatic nitrogens is 3. The third-order valence-corrected chi connectivity index (χ3v) is 6.59. The van der Waals surface area contributed by atoms with Crippen LogP contribution in [-0.2, 0) is 25.4 Å². The van der Waals surface area contributed by atoms with E-state index in [9.17, 15) is 26.3 Å². The molecule has 0 amide bonds. The number of nitrogens with zero attached hydrogens (tertiary/aromatic N) is 4. The molecule has 0 atom stereocenters. The summed E-state index contributed by atoms with van der Waals surface area (Å²) in [6.45, 7) is 0.115. The Bertz CT molecular complexity index is 1580. The number of aliphatic imine (C=N–C) groups is 1. The summed E-state index contributed by atoms with van der Waals surface area (Å²) in [6, 6.07) is 16.5. The minimum absolute atomic E-state index is 0.00304. The Kier molecular flexibility index (Phi) is 7.45. The molecule has 4 aromatic rings. The van der Waals surface area contributed by atoms with Crippen molar-refractivity contribution in [2.45, 2.75) is 31.8 Å². The largest absolute Gasteiger partial charge is 0.573 e. The Morgan fingerprint density at radius 3 is 2.45 bits per heavy atom. The molecule has 0 saturated carbocycles. The van der Waals surface area contributed by atoms with Gasteiger partial charge in [0.25, 0.3) is 0 Å². The molecular weight excluding hydrogens is 554 g/mol. The molecule has 0 fully saturated rings.